The summed E-state index contributed by atoms with van der Waals surface area (Å²) in [5.41, 5.74) is 5.16. The fraction of sp³-hybridized carbons (Fsp3) is 0.778. The molecule has 7 heteroatoms. The van der Waals surface area contributed by atoms with Gasteiger partial charge in [0.25, 0.3) is 5.92 Å². The molecule has 1 rings (SSSR count). The second-order valence-corrected chi connectivity index (χ2v) is 3.92. The van der Waals surface area contributed by atoms with Crippen LogP contribution in [0.1, 0.15) is 19.3 Å². The average Bonchev–Trinajstić information content (AvgIpc) is 2.15. The summed E-state index contributed by atoms with van der Waals surface area (Å²) in [5, 5.41) is 8.49. The second kappa shape index (κ2) is 4.73. The number of rotatable bonds is 3. The molecule has 1 aliphatic rings. The van der Waals surface area contributed by atoms with Crippen LogP contribution in [0.2, 0.25) is 0 Å². The maximum absolute atomic E-state index is 13.0. The molecule has 5 nitrogen and oxygen atoms in total. The zero-order chi connectivity index (χ0) is 12.3. The van der Waals surface area contributed by atoms with Crippen LogP contribution in [0.5, 0.6) is 0 Å². The van der Waals surface area contributed by atoms with E-state index < -0.39 is 36.8 Å². The zero-order valence-corrected chi connectivity index (χ0v) is 8.66. The van der Waals surface area contributed by atoms with Crippen LogP contribution in [0.25, 0.3) is 0 Å². The summed E-state index contributed by atoms with van der Waals surface area (Å²) in [4.78, 5) is 22.8. The molecule has 1 amide bonds. The van der Waals surface area contributed by atoms with Crippen LogP contribution >= 0.6 is 0 Å². The lowest BCUT2D eigenvalue weighted by Gasteiger charge is -2.32. The van der Waals surface area contributed by atoms with Crippen molar-refractivity contribution in [2.75, 3.05) is 13.1 Å². The fourth-order valence-corrected chi connectivity index (χ4v) is 1.58. The highest BCUT2D eigenvalue weighted by Crippen LogP contribution is 2.26. The molecule has 16 heavy (non-hydrogen) atoms. The van der Waals surface area contributed by atoms with E-state index in [-0.39, 0.29) is 19.4 Å². The van der Waals surface area contributed by atoms with Crippen molar-refractivity contribution in [2.24, 2.45) is 5.73 Å². The van der Waals surface area contributed by atoms with E-state index in [2.05, 4.69) is 0 Å². The Labute approximate surface area is 91.2 Å². The molecular weight excluding hydrogens is 222 g/mol. The number of amides is 1. The van der Waals surface area contributed by atoms with Gasteiger partial charge in [-0.3, -0.25) is 9.59 Å². The summed E-state index contributed by atoms with van der Waals surface area (Å²) in [7, 11) is 0. The maximum Gasteiger partial charge on any atom is 0.321 e. The Morgan fingerprint density at radius 3 is 2.62 bits per heavy atom. The van der Waals surface area contributed by atoms with Gasteiger partial charge in [-0.15, -0.1) is 0 Å². The number of carboxylic acid groups (broad SMARTS) is 1. The number of piperidine rings is 1. The van der Waals surface area contributed by atoms with Crippen molar-refractivity contribution in [3.63, 3.8) is 0 Å². The number of hydrogen-bond donors (Lipinski definition) is 2. The molecule has 0 spiro atoms. The highest BCUT2D eigenvalue weighted by atomic mass is 19.3. The van der Waals surface area contributed by atoms with Crippen molar-refractivity contribution in [1.29, 1.82) is 0 Å². The topological polar surface area (TPSA) is 83.6 Å². The number of carbonyl (C=O) groups excluding carboxylic acids is 1. The number of halogens is 2. The third-order valence-electron chi connectivity index (χ3n) is 2.46. The van der Waals surface area contributed by atoms with Gasteiger partial charge in [-0.2, -0.15) is 0 Å². The van der Waals surface area contributed by atoms with Crippen LogP contribution < -0.4 is 5.73 Å². The molecular formula is C9H14F2N2O3. The molecule has 1 atom stereocenters. The Morgan fingerprint density at radius 1 is 1.50 bits per heavy atom. The molecule has 0 aromatic heterocycles. The van der Waals surface area contributed by atoms with E-state index in [0.29, 0.717) is 0 Å². The predicted molar refractivity (Wildman–Crippen MR) is 51.0 cm³/mol. The lowest BCUT2D eigenvalue weighted by molar-refractivity contribution is -0.146. The third-order valence-corrected chi connectivity index (χ3v) is 2.46. The largest absolute Gasteiger partial charge is 0.480 e. The van der Waals surface area contributed by atoms with Gasteiger partial charge in [-0.05, 0) is 6.42 Å². The minimum Gasteiger partial charge on any atom is -0.480 e. The quantitative estimate of drug-likeness (QED) is 0.725. The summed E-state index contributed by atoms with van der Waals surface area (Å²) in [6.45, 7) is -0.404. The summed E-state index contributed by atoms with van der Waals surface area (Å²) < 4.78 is 25.9. The number of carbonyl (C=O) groups is 2. The molecule has 0 saturated carbocycles. The summed E-state index contributed by atoms with van der Waals surface area (Å²) >= 11 is 0. The molecule has 1 fully saturated rings. The first-order valence-electron chi connectivity index (χ1n) is 4.96. The minimum atomic E-state index is -2.87. The van der Waals surface area contributed by atoms with E-state index in [9.17, 15) is 18.4 Å². The number of carboxylic acids is 1. The average molecular weight is 236 g/mol. The Bertz CT molecular complexity index is 296. The van der Waals surface area contributed by atoms with Gasteiger partial charge < -0.3 is 15.7 Å². The Kier molecular flexibility index (Phi) is 3.79. The first-order chi connectivity index (χ1) is 7.32. The molecule has 1 unspecified atom stereocenters. The molecule has 0 radical (unpaired) electrons. The van der Waals surface area contributed by atoms with Gasteiger partial charge in [0, 0.05) is 13.0 Å². The van der Waals surface area contributed by atoms with E-state index in [1.54, 1.807) is 0 Å². The van der Waals surface area contributed by atoms with Gasteiger partial charge >= 0.3 is 5.97 Å². The molecule has 3 N–H and O–H groups in total. The molecule has 0 aliphatic carbocycles. The van der Waals surface area contributed by atoms with Gasteiger partial charge in [0.15, 0.2) is 0 Å². The molecule has 1 heterocycles. The number of alkyl halides is 2. The van der Waals surface area contributed by atoms with Gasteiger partial charge in [0.2, 0.25) is 5.91 Å². The highest BCUT2D eigenvalue weighted by molar-refractivity contribution is 5.84. The van der Waals surface area contributed by atoms with Crippen LogP contribution in [0.3, 0.4) is 0 Å². The van der Waals surface area contributed by atoms with E-state index >= 15 is 0 Å². The van der Waals surface area contributed by atoms with Crippen LogP contribution in [-0.2, 0) is 9.59 Å². The first-order valence-corrected chi connectivity index (χ1v) is 4.96. The lowest BCUT2D eigenvalue weighted by atomic mass is 10.1. The first kappa shape index (κ1) is 12.8. The van der Waals surface area contributed by atoms with Gasteiger partial charge in [0.05, 0.1) is 13.0 Å². The number of hydrogen-bond acceptors (Lipinski definition) is 3. The van der Waals surface area contributed by atoms with E-state index in [0.717, 1.165) is 4.90 Å². The van der Waals surface area contributed by atoms with E-state index in [1.165, 1.54) is 0 Å². The summed E-state index contributed by atoms with van der Waals surface area (Å²) in [6.07, 6.45) is -0.450. The second-order valence-electron chi connectivity index (χ2n) is 3.92. The summed E-state index contributed by atoms with van der Waals surface area (Å²) in [6, 6.07) is -1.33. The standard InChI is InChI=1S/C9H14F2N2O3/c10-9(11)2-1-3-13(5-9)7(14)4-6(12)8(15)16/h6H,1-5,12H2,(H,15,16). The molecule has 0 aromatic carbocycles. The SMILES string of the molecule is NC(CC(=O)N1CCCC(F)(F)C1)C(=O)O. The fourth-order valence-electron chi connectivity index (χ4n) is 1.58. The highest BCUT2D eigenvalue weighted by Gasteiger charge is 2.37. The Balaban J connectivity index is 2.51. The van der Waals surface area contributed by atoms with Crippen molar-refractivity contribution < 1.29 is 23.5 Å². The lowest BCUT2D eigenvalue weighted by Crippen LogP contribution is -2.47. The van der Waals surface area contributed by atoms with Crippen LogP contribution in [0.15, 0.2) is 0 Å². The molecule has 0 aromatic rings. The summed E-state index contributed by atoms with van der Waals surface area (Å²) in [5.74, 6) is -4.81. The minimum absolute atomic E-state index is 0.223. The van der Waals surface area contributed by atoms with Gasteiger partial charge in [0.1, 0.15) is 6.04 Å². The number of nitrogens with zero attached hydrogens (tertiary/aromatic N) is 1. The van der Waals surface area contributed by atoms with E-state index in [1.807, 2.05) is 0 Å². The van der Waals surface area contributed by atoms with E-state index in [4.69, 9.17) is 10.8 Å². The van der Waals surface area contributed by atoms with Gasteiger partial charge in [-0.1, -0.05) is 0 Å². The Morgan fingerprint density at radius 2 is 2.12 bits per heavy atom. The smallest absolute Gasteiger partial charge is 0.321 e. The van der Waals surface area contributed by atoms with Crippen molar-refractivity contribution >= 4 is 11.9 Å². The van der Waals surface area contributed by atoms with Crippen molar-refractivity contribution in [1.82, 2.24) is 4.90 Å². The normalized spacial score (nSPS) is 21.6. The predicted octanol–water partition coefficient (Wildman–Crippen LogP) is 0.0461. The monoisotopic (exact) mass is 236 g/mol. The molecule has 92 valence electrons. The zero-order valence-electron chi connectivity index (χ0n) is 8.66. The van der Waals surface area contributed by atoms with Crippen LogP contribution in [0.4, 0.5) is 8.78 Å². The number of likely N-dealkylation sites (tertiary alicyclic amines) is 1. The molecule has 1 aliphatic heterocycles. The van der Waals surface area contributed by atoms with Gasteiger partial charge in [-0.25, -0.2) is 8.78 Å². The Hall–Kier alpha value is -1.24. The maximum atomic E-state index is 13.0. The van der Waals surface area contributed by atoms with Crippen molar-refractivity contribution in [2.45, 2.75) is 31.2 Å². The number of nitrogens with two attached hydrogens (primary N) is 1. The third kappa shape index (κ3) is 3.41. The number of aliphatic carboxylic acids is 1. The van der Waals surface area contributed by atoms with Crippen LogP contribution in [0, 0.1) is 0 Å². The van der Waals surface area contributed by atoms with Crippen molar-refractivity contribution in [3.05, 3.63) is 0 Å². The molecule has 0 bridgehead atoms. The van der Waals surface area contributed by atoms with Crippen LogP contribution in [-0.4, -0.2) is 46.9 Å². The van der Waals surface area contributed by atoms with Crippen molar-refractivity contribution in [3.8, 4) is 0 Å². The molecule has 1 saturated heterocycles.